The molecular weight excluding hydrogens is 605 g/mol. The lowest BCUT2D eigenvalue weighted by Crippen LogP contribution is -2.67. The molecule has 0 aliphatic carbocycles. The fraction of sp³-hybridized carbons (Fsp3) is 0.706. The lowest BCUT2D eigenvalue weighted by Gasteiger charge is -2.44. The molecule has 0 saturated carbocycles. The summed E-state index contributed by atoms with van der Waals surface area (Å²) in [6.45, 7) is 1.97. The Morgan fingerprint density at radius 3 is 1.86 bits per heavy atom. The third-order valence-electron chi connectivity index (χ3n) is 3.84. The second kappa shape index (κ2) is 13.4. The Hall–Kier alpha value is -1.15. The van der Waals surface area contributed by atoms with Gasteiger partial charge >= 0.3 is 24.0 Å². The minimum atomic E-state index is -2.36. The SMILES string of the molecule is CC(=O)OC[C@H]1OC(OC(=N)C(Cl)(Cl)Cl)[C@H](NC(=O)OCC(Cl)(Cl)Cl)[C@@H](OC(C)=O)[C@@H]1OC(C)=O. The molecule has 1 aliphatic rings. The van der Waals surface area contributed by atoms with Crippen molar-refractivity contribution in [3.63, 3.8) is 0 Å². The molecule has 0 radical (unpaired) electrons. The van der Waals surface area contributed by atoms with Crippen LogP contribution in [0.5, 0.6) is 0 Å². The zero-order chi connectivity index (χ0) is 27.1. The van der Waals surface area contributed by atoms with E-state index in [1.165, 1.54) is 0 Å². The molecule has 5 atom stereocenters. The number of hydrogen-bond donors (Lipinski definition) is 2. The van der Waals surface area contributed by atoms with Crippen molar-refractivity contribution in [2.45, 2.75) is 59.0 Å². The maximum atomic E-state index is 12.4. The molecule has 0 aromatic rings. The molecule has 1 fully saturated rings. The second-order valence-corrected chi connectivity index (χ2v) is 11.6. The Morgan fingerprint density at radius 1 is 0.857 bits per heavy atom. The highest BCUT2D eigenvalue weighted by atomic mass is 35.6. The van der Waals surface area contributed by atoms with Gasteiger partial charge in [0.1, 0.15) is 25.4 Å². The summed E-state index contributed by atoms with van der Waals surface area (Å²) < 4.78 is 26.8. The van der Waals surface area contributed by atoms with E-state index in [4.69, 9.17) is 103 Å². The zero-order valence-electron chi connectivity index (χ0n) is 18.2. The van der Waals surface area contributed by atoms with Gasteiger partial charge in [0, 0.05) is 20.8 Å². The van der Waals surface area contributed by atoms with Gasteiger partial charge in [0.25, 0.3) is 3.79 Å². The van der Waals surface area contributed by atoms with Gasteiger partial charge in [-0.25, -0.2) is 4.79 Å². The molecule has 1 aliphatic heterocycles. The van der Waals surface area contributed by atoms with Gasteiger partial charge in [-0.3, -0.25) is 19.8 Å². The highest BCUT2D eigenvalue weighted by Gasteiger charge is 2.53. The van der Waals surface area contributed by atoms with Crippen molar-refractivity contribution in [1.82, 2.24) is 5.32 Å². The van der Waals surface area contributed by atoms with E-state index in [-0.39, 0.29) is 0 Å². The lowest BCUT2D eigenvalue weighted by molar-refractivity contribution is -0.260. The first-order valence-electron chi connectivity index (χ1n) is 9.36. The number of ether oxygens (including phenoxy) is 6. The third-order valence-corrected chi connectivity index (χ3v) is 4.69. The van der Waals surface area contributed by atoms with E-state index in [1.54, 1.807) is 0 Å². The van der Waals surface area contributed by atoms with E-state index in [2.05, 4.69) is 5.32 Å². The monoisotopic (exact) mass is 622 g/mol. The number of alkyl halides is 6. The molecule has 200 valence electrons. The van der Waals surface area contributed by atoms with Gasteiger partial charge in [0.05, 0.1) is 0 Å². The number of alkyl carbamates (subject to hydrolysis) is 1. The topological polar surface area (TPSA) is 160 Å². The number of rotatable bonds is 7. The smallest absolute Gasteiger partial charge is 0.407 e. The van der Waals surface area contributed by atoms with E-state index in [0.717, 1.165) is 20.8 Å². The van der Waals surface area contributed by atoms with E-state index in [0.29, 0.717) is 0 Å². The average molecular weight is 625 g/mol. The zero-order valence-corrected chi connectivity index (χ0v) is 22.7. The van der Waals surface area contributed by atoms with E-state index in [1.807, 2.05) is 0 Å². The van der Waals surface area contributed by atoms with Crippen molar-refractivity contribution in [3.8, 4) is 0 Å². The Labute approximate surface area is 229 Å². The van der Waals surface area contributed by atoms with Crippen molar-refractivity contribution >= 4 is 99.5 Å². The summed E-state index contributed by atoms with van der Waals surface area (Å²) >= 11 is 33.7. The summed E-state index contributed by atoms with van der Waals surface area (Å²) in [6.07, 6.45) is -7.25. The normalized spacial score (nSPS) is 24.5. The number of carbonyl (C=O) groups excluding carboxylic acids is 4. The average Bonchev–Trinajstić information content (AvgIpc) is 2.67. The van der Waals surface area contributed by atoms with Crippen LogP contribution in [-0.4, -0.2) is 81.3 Å². The van der Waals surface area contributed by atoms with Crippen molar-refractivity contribution in [2.24, 2.45) is 0 Å². The maximum Gasteiger partial charge on any atom is 0.407 e. The Bertz CT molecular complexity index is 818. The summed E-state index contributed by atoms with van der Waals surface area (Å²) in [5, 5.41) is 10.1. The molecule has 18 heteroatoms. The minimum absolute atomic E-state index is 0.517. The largest absolute Gasteiger partial charge is 0.463 e. The van der Waals surface area contributed by atoms with E-state index in [9.17, 15) is 19.2 Å². The Kier molecular flexibility index (Phi) is 12.2. The molecule has 1 heterocycles. The first-order chi connectivity index (χ1) is 15.9. The predicted molar refractivity (Wildman–Crippen MR) is 124 cm³/mol. The van der Waals surface area contributed by atoms with Crippen LogP contribution >= 0.6 is 69.6 Å². The lowest BCUT2D eigenvalue weighted by atomic mass is 9.96. The molecule has 1 saturated heterocycles. The van der Waals surface area contributed by atoms with Crippen LogP contribution in [0.2, 0.25) is 0 Å². The van der Waals surface area contributed by atoms with Crippen LogP contribution in [-0.2, 0) is 42.8 Å². The van der Waals surface area contributed by atoms with Gasteiger partial charge in [0.15, 0.2) is 12.2 Å². The first kappa shape index (κ1) is 31.9. The number of nitrogens with one attached hydrogen (secondary N) is 2. The fourth-order valence-corrected chi connectivity index (χ4v) is 2.96. The van der Waals surface area contributed by atoms with Crippen LogP contribution in [0.1, 0.15) is 20.8 Å². The van der Waals surface area contributed by atoms with Crippen molar-refractivity contribution in [2.75, 3.05) is 13.2 Å². The molecule has 1 unspecified atom stereocenters. The van der Waals surface area contributed by atoms with Gasteiger partial charge in [0.2, 0.25) is 16.0 Å². The molecule has 12 nitrogen and oxygen atoms in total. The molecule has 0 aromatic heterocycles. The molecule has 2 N–H and O–H groups in total. The number of amides is 1. The second-order valence-electron chi connectivity index (χ2n) is 6.80. The first-order valence-corrected chi connectivity index (χ1v) is 11.6. The molecule has 0 bridgehead atoms. The fourth-order valence-electron chi connectivity index (χ4n) is 2.66. The Balaban J connectivity index is 3.41. The standard InChI is InChI=1S/C17H20Cl6N2O10/c1-6(26)30-4-9-11(32-7(2)27)12(33-8(3)28)10(25-15(29)31-5-16(18,19)20)13(34-9)35-14(24)17(21,22)23/h9-13,24H,4-5H2,1-3H3,(H,25,29)/t9-,10-,11-,12-,13?/m1/s1. The van der Waals surface area contributed by atoms with Gasteiger partial charge < -0.3 is 33.7 Å². The Morgan fingerprint density at radius 2 is 1.40 bits per heavy atom. The third kappa shape index (κ3) is 11.6. The molecular formula is C17H20Cl6N2O10. The minimum Gasteiger partial charge on any atom is -0.463 e. The number of carbonyl (C=O) groups is 4. The summed E-state index contributed by atoms with van der Waals surface area (Å²) in [5.74, 6) is -3.39. The number of hydrogen-bond acceptors (Lipinski definition) is 11. The van der Waals surface area contributed by atoms with Crippen LogP contribution in [0.4, 0.5) is 4.79 Å². The van der Waals surface area contributed by atoms with E-state index < -0.39 is 81.3 Å². The van der Waals surface area contributed by atoms with E-state index >= 15 is 0 Å². The molecule has 1 amide bonds. The molecule has 0 spiro atoms. The van der Waals surface area contributed by atoms with Gasteiger partial charge in [-0.15, -0.1) is 0 Å². The van der Waals surface area contributed by atoms with Crippen LogP contribution in [0.15, 0.2) is 0 Å². The van der Waals surface area contributed by atoms with Crippen LogP contribution in [0, 0.1) is 5.41 Å². The van der Waals surface area contributed by atoms with Crippen LogP contribution in [0.3, 0.4) is 0 Å². The maximum absolute atomic E-state index is 12.4. The summed E-state index contributed by atoms with van der Waals surface area (Å²) in [6, 6.07) is -1.55. The highest BCUT2D eigenvalue weighted by Crippen LogP contribution is 2.33. The molecule has 1 rings (SSSR count). The number of esters is 3. The van der Waals surface area contributed by atoms with Gasteiger partial charge in [-0.1, -0.05) is 69.6 Å². The summed E-state index contributed by atoms with van der Waals surface area (Å²) in [4.78, 5) is 47.3. The number of halogens is 6. The van der Waals surface area contributed by atoms with Crippen molar-refractivity contribution in [1.29, 1.82) is 5.41 Å². The summed E-state index contributed by atoms with van der Waals surface area (Å²) in [7, 11) is 0. The van der Waals surface area contributed by atoms with Crippen LogP contribution < -0.4 is 5.32 Å². The van der Waals surface area contributed by atoms with Gasteiger partial charge in [-0.05, 0) is 0 Å². The predicted octanol–water partition coefficient (Wildman–Crippen LogP) is 2.97. The van der Waals surface area contributed by atoms with Crippen molar-refractivity contribution < 1.29 is 47.6 Å². The summed E-state index contributed by atoms with van der Waals surface area (Å²) in [5.41, 5.74) is 0. The quantitative estimate of drug-likeness (QED) is 0.142. The molecule has 35 heavy (non-hydrogen) atoms. The van der Waals surface area contributed by atoms with Crippen molar-refractivity contribution in [3.05, 3.63) is 0 Å². The van der Waals surface area contributed by atoms with Crippen LogP contribution in [0.25, 0.3) is 0 Å². The molecule has 0 aromatic carbocycles. The highest BCUT2D eigenvalue weighted by molar-refractivity contribution is 6.76. The van der Waals surface area contributed by atoms with Gasteiger partial charge in [-0.2, -0.15) is 0 Å².